The van der Waals surface area contributed by atoms with E-state index < -0.39 is 5.54 Å². The average molecular weight is 311 g/mol. The van der Waals surface area contributed by atoms with Crippen molar-refractivity contribution in [1.82, 2.24) is 10.4 Å². The molecule has 0 bridgehead atoms. The third-order valence-corrected chi connectivity index (χ3v) is 4.30. The lowest BCUT2D eigenvalue weighted by atomic mass is 9.92. The van der Waals surface area contributed by atoms with E-state index in [4.69, 9.17) is 12.2 Å². The van der Waals surface area contributed by atoms with Crippen molar-refractivity contribution in [3.05, 3.63) is 60.2 Å². The molecule has 0 fully saturated rings. The Morgan fingerprint density at radius 3 is 2.68 bits per heavy atom. The molecule has 1 aliphatic heterocycles. The van der Waals surface area contributed by atoms with Crippen molar-refractivity contribution in [2.75, 3.05) is 0 Å². The van der Waals surface area contributed by atoms with E-state index >= 15 is 0 Å². The maximum atomic E-state index is 12.9. The number of amides is 1. The summed E-state index contributed by atoms with van der Waals surface area (Å²) in [4.78, 5) is 18.2. The maximum absolute atomic E-state index is 12.9. The highest BCUT2D eigenvalue weighted by Crippen LogP contribution is 2.32. The lowest BCUT2D eigenvalue weighted by Gasteiger charge is -2.27. The highest BCUT2D eigenvalue weighted by Gasteiger charge is 2.45. The van der Waals surface area contributed by atoms with Crippen LogP contribution in [0.3, 0.4) is 0 Å². The molecular weight excluding hydrogens is 294 g/mol. The summed E-state index contributed by atoms with van der Waals surface area (Å²) in [6.45, 7) is 3.66. The highest BCUT2D eigenvalue weighted by atomic mass is 32.1. The van der Waals surface area contributed by atoms with Crippen LogP contribution in [0.2, 0.25) is 0 Å². The Kier molecular flexibility index (Phi) is 3.76. The summed E-state index contributed by atoms with van der Waals surface area (Å²) in [6.07, 6.45) is 7.59. The van der Waals surface area contributed by atoms with E-state index in [1.165, 1.54) is 5.01 Å². The molecule has 1 aromatic rings. The molecule has 1 N–H and O–H groups in total. The number of carbonyl (C=O) groups is 1. The molecule has 2 aliphatic rings. The van der Waals surface area contributed by atoms with Crippen LogP contribution in [0.15, 0.2) is 59.6 Å². The molecule has 0 radical (unpaired) electrons. The van der Waals surface area contributed by atoms with E-state index in [9.17, 15) is 4.79 Å². The van der Waals surface area contributed by atoms with Gasteiger partial charge in [-0.05, 0) is 25.5 Å². The smallest absolute Gasteiger partial charge is 0.270 e. The minimum Gasteiger partial charge on any atom is -0.270 e. The molecular formula is C17H17N3OS. The Balaban J connectivity index is 1.86. The van der Waals surface area contributed by atoms with Crippen LogP contribution >= 0.6 is 12.2 Å². The van der Waals surface area contributed by atoms with E-state index in [1.54, 1.807) is 0 Å². The molecule has 22 heavy (non-hydrogen) atoms. The van der Waals surface area contributed by atoms with E-state index in [0.717, 1.165) is 10.4 Å². The standard InChI is InChI=1S/C17H17N3OS/c1-12-18-17(2,13-8-4-3-5-9-13)16(21)20(12)19-14-10-6-7-11-15(14)22/h3-11,14,19H,1-2H3/t14?,17-/m0/s1. The van der Waals surface area contributed by atoms with Gasteiger partial charge in [0.1, 0.15) is 5.84 Å². The number of nitrogens with one attached hydrogen (secondary N) is 1. The zero-order valence-corrected chi connectivity index (χ0v) is 13.3. The molecule has 1 amide bonds. The number of hydrazine groups is 1. The van der Waals surface area contributed by atoms with Crippen LogP contribution in [0.5, 0.6) is 0 Å². The highest BCUT2D eigenvalue weighted by molar-refractivity contribution is 7.80. The van der Waals surface area contributed by atoms with Crippen LogP contribution in [0, 0.1) is 0 Å². The minimum absolute atomic E-state index is 0.0954. The third-order valence-electron chi connectivity index (χ3n) is 3.91. The number of amidine groups is 1. The van der Waals surface area contributed by atoms with Gasteiger partial charge in [0.15, 0.2) is 5.54 Å². The Morgan fingerprint density at radius 2 is 2.00 bits per heavy atom. The first kappa shape index (κ1) is 14.8. The molecule has 0 aromatic heterocycles. The normalized spacial score (nSPS) is 27.5. The zero-order chi connectivity index (χ0) is 15.7. The molecule has 5 heteroatoms. The maximum Gasteiger partial charge on any atom is 0.274 e. The molecule has 1 aliphatic carbocycles. The second-order valence-electron chi connectivity index (χ2n) is 5.49. The summed E-state index contributed by atoms with van der Waals surface area (Å²) in [6, 6.07) is 9.43. The first-order valence-electron chi connectivity index (χ1n) is 7.14. The summed E-state index contributed by atoms with van der Waals surface area (Å²) < 4.78 is 0. The Labute approximate surface area is 135 Å². The van der Waals surface area contributed by atoms with Gasteiger partial charge in [-0.1, -0.05) is 60.8 Å². The van der Waals surface area contributed by atoms with Gasteiger partial charge in [0.05, 0.1) is 6.04 Å². The van der Waals surface area contributed by atoms with Crippen molar-refractivity contribution in [3.63, 3.8) is 0 Å². The lowest BCUT2D eigenvalue weighted by molar-refractivity contribution is -0.133. The number of carbonyl (C=O) groups excluding carboxylic acids is 1. The molecule has 0 spiro atoms. The van der Waals surface area contributed by atoms with E-state index in [-0.39, 0.29) is 11.9 Å². The van der Waals surface area contributed by atoms with Gasteiger partial charge in [-0.2, -0.15) is 0 Å². The fourth-order valence-corrected chi connectivity index (χ4v) is 2.87. The lowest BCUT2D eigenvalue weighted by Crippen LogP contribution is -2.52. The second kappa shape index (κ2) is 5.59. The van der Waals surface area contributed by atoms with E-state index in [1.807, 2.05) is 68.5 Å². The van der Waals surface area contributed by atoms with E-state index in [0.29, 0.717) is 5.84 Å². The monoisotopic (exact) mass is 311 g/mol. The summed E-state index contributed by atoms with van der Waals surface area (Å²) in [7, 11) is 0. The van der Waals surface area contributed by atoms with Gasteiger partial charge in [0.25, 0.3) is 5.91 Å². The molecule has 1 aromatic carbocycles. The second-order valence-corrected chi connectivity index (χ2v) is 5.96. The molecule has 3 rings (SSSR count). The number of thiocarbonyl (C=S) groups is 1. The van der Waals surface area contributed by atoms with Gasteiger partial charge in [0.2, 0.25) is 0 Å². The summed E-state index contributed by atoms with van der Waals surface area (Å²) in [5, 5.41) is 1.51. The summed E-state index contributed by atoms with van der Waals surface area (Å²) in [5.41, 5.74) is 3.15. The quantitative estimate of drug-likeness (QED) is 0.873. The van der Waals surface area contributed by atoms with Crippen LogP contribution < -0.4 is 5.43 Å². The van der Waals surface area contributed by atoms with Crippen molar-refractivity contribution in [3.8, 4) is 0 Å². The number of hydrogen-bond acceptors (Lipinski definition) is 4. The van der Waals surface area contributed by atoms with Crippen LogP contribution in [0.1, 0.15) is 19.4 Å². The van der Waals surface area contributed by atoms with Crippen molar-refractivity contribution in [2.45, 2.75) is 25.4 Å². The SMILES string of the molecule is CC1=N[C@@](C)(c2ccccc2)C(=O)N1NC1C=CC=CC1=S. The first-order chi connectivity index (χ1) is 10.5. The van der Waals surface area contributed by atoms with Gasteiger partial charge in [-0.15, -0.1) is 0 Å². The number of aliphatic imine (C=N–C) groups is 1. The molecule has 112 valence electrons. The summed E-state index contributed by atoms with van der Waals surface area (Å²) >= 11 is 5.31. The number of allylic oxidation sites excluding steroid dienone is 2. The van der Waals surface area contributed by atoms with Gasteiger partial charge < -0.3 is 0 Å². The zero-order valence-electron chi connectivity index (χ0n) is 12.5. The van der Waals surface area contributed by atoms with Gasteiger partial charge in [0, 0.05) is 4.86 Å². The molecule has 4 nitrogen and oxygen atoms in total. The molecule has 1 heterocycles. The predicted molar refractivity (Wildman–Crippen MR) is 91.6 cm³/mol. The third kappa shape index (κ3) is 2.42. The fraction of sp³-hybridized carbons (Fsp3) is 0.235. The average Bonchev–Trinajstić information content (AvgIpc) is 2.75. The van der Waals surface area contributed by atoms with Crippen LogP contribution in [0.4, 0.5) is 0 Å². The van der Waals surface area contributed by atoms with Gasteiger partial charge >= 0.3 is 0 Å². The topological polar surface area (TPSA) is 44.7 Å². The molecule has 0 saturated heterocycles. The molecule has 0 saturated carbocycles. The van der Waals surface area contributed by atoms with Crippen molar-refractivity contribution in [2.24, 2.45) is 4.99 Å². The largest absolute Gasteiger partial charge is 0.274 e. The molecule has 2 atom stereocenters. The van der Waals surface area contributed by atoms with E-state index in [2.05, 4.69) is 10.4 Å². The number of benzene rings is 1. The molecule has 1 unspecified atom stereocenters. The Bertz CT molecular complexity index is 708. The van der Waals surface area contributed by atoms with Crippen molar-refractivity contribution in [1.29, 1.82) is 0 Å². The van der Waals surface area contributed by atoms with Crippen molar-refractivity contribution >= 4 is 28.8 Å². The number of rotatable bonds is 3. The first-order valence-corrected chi connectivity index (χ1v) is 7.54. The van der Waals surface area contributed by atoms with Crippen LogP contribution in [-0.2, 0) is 10.3 Å². The number of nitrogens with zero attached hydrogens (tertiary/aromatic N) is 2. The summed E-state index contributed by atoms with van der Waals surface area (Å²) in [5.74, 6) is 0.545. The van der Waals surface area contributed by atoms with Crippen LogP contribution in [0.25, 0.3) is 0 Å². The van der Waals surface area contributed by atoms with Crippen LogP contribution in [-0.4, -0.2) is 27.7 Å². The Hall–Kier alpha value is -2.11. The van der Waals surface area contributed by atoms with Gasteiger partial charge in [-0.3, -0.25) is 4.79 Å². The van der Waals surface area contributed by atoms with Gasteiger partial charge in [-0.25, -0.2) is 15.4 Å². The Morgan fingerprint density at radius 1 is 1.27 bits per heavy atom. The number of hydrogen-bond donors (Lipinski definition) is 1. The minimum atomic E-state index is -0.895. The predicted octanol–water partition coefficient (Wildman–Crippen LogP) is 2.53. The fourth-order valence-electron chi connectivity index (χ4n) is 2.66. The van der Waals surface area contributed by atoms with Crippen molar-refractivity contribution < 1.29 is 4.79 Å².